The molecule has 20 heavy (non-hydrogen) atoms. The average molecular weight is 273 g/mol. The predicted molar refractivity (Wildman–Crippen MR) is 79.5 cm³/mol. The van der Waals surface area contributed by atoms with Gasteiger partial charge in [-0.2, -0.15) is 0 Å². The van der Waals surface area contributed by atoms with Gasteiger partial charge in [0.25, 0.3) is 5.91 Å². The first kappa shape index (κ1) is 13.9. The topological polar surface area (TPSA) is 58.4 Å². The van der Waals surface area contributed by atoms with Crippen LogP contribution in [0.2, 0.25) is 0 Å². The van der Waals surface area contributed by atoms with E-state index in [1.807, 2.05) is 31.1 Å². The Morgan fingerprint density at radius 3 is 2.40 bits per heavy atom. The van der Waals surface area contributed by atoms with Crippen LogP contribution in [0.5, 0.6) is 0 Å². The number of benzene rings is 2. The van der Waals surface area contributed by atoms with Crippen LogP contribution in [0.25, 0.3) is 0 Å². The van der Waals surface area contributed by atoms with Crippen molar-refractivity contribution in [1.29, 1.82) is 0 Å². The average Bonchev–Trinajstić information content (AvgIpc) is 2.42. The van der Waals surface area contributed by atoms with E-state index < -0.39 is 11.7 Å². The van der Waals surface area contributed by atoms with Gasteiger partial charge < -0.3 is 16.0 Å². The molecule has 0 radical (unpaired) electrons. The summed E-state index contributed by atoms with van der Waals surface area (Å²) in [5.74, 6) is -1.12. The Labute approximate surface area is 117 Å². The molecule has 0 unspecified atom stereocenters. The van der Waals surface area contributed by atoms with E-state index >= 15 is 0 Å². The summed E-state index contributed by atoms with van der Waals surface area (Å²) in [6, 6.07) is 11.2. The van der Waals surface area contributed by atoms with Crippen molar-refractivity contribution in [2.45, 2.75) is 0 Å². The Morgan fingerprint density at radius 2 is 1.80 bits per heavy atom. The SMILES string of the molecule is CN(C)c1ccc(NC(=O)c2cc(N)ccc2F)cc1. The third-order valence-electron chi connectivity index (χ3n) is 2.88. The predicted octanol–water partition coefficient (Wildman–Crippen LogP) is 2.73. The molecule has 104 valence electrons. The van der Waals surface area contributed by atoms with Gasteiger partial charge in [-0.3, -0.25) is 4.79 Å². The van der Waals surface area contributed by atoms with E-state index in [0.717, 1.165) is 5.69 Å². The number of halogens is 1. The van der Waals surface area contributed by atoms with Crippen LogP contribution in [0.3, 0.4) is 0 Å². The lowest BCUT2D eigenvalue weighted by Gasteiger charge is -2.13. The van der Waals surface area contributed by atoms with Gasteiger partial charge in [-0.05, 0) is 42.5 Å². The first-order chi connectivity index (χ1) is 9.47. The van der Waals surface area contributed by atoms with Gasteiger partial charge in [0.05, 0.1) is 5.56 Å². The van der Waals surface area contributed by atoms with Crippen molar-refractivity contribution in [2.24, 2.45) is 0 Å². The minimum Gasteiger partial charge on any atom is -0.399 e. The van der Waals surface area contributed by atoms with Gasteiger partial charge in [0.2, 0.25) is 0 Å². The van der Waals surface area contributed by atoms with Gasteiger partial charge in [-0.25, -0.2) is 4.39 Å². The minimum atomic E-state index is -0.596. The van der Waals surface area contributed by atoms with Crippen LogP contribution in [0.15, 0.2) is 42.5 Å². The molecule has 0 bridgehead atoms. The third kappa shape index (κ3) is 3.06. The van der Waals surface area contributed by atoms with Gasteiger partial charge in [-0.1, -0.05) is 0 Å². The molecule has 0 heterocycles. The van der Waals surface area contributed by atoms with E-state index in [4.69, 9.17) is 5.73 Å². The van der Waals surface area contributed by atoms with Gasteiger partial charge in [-0.15, -0.1) is 0 Å². The number of nitrogens with zero attached hydrogens (tertiary/aromatic N) is 1. The number of nitrogens with one attached hydrogen (secondary N) is 1. The molecule has 0 saturated carbocycles. The number of carbonyl (C=O) groups is 1. The quantitative estimate of drug-likeness (QED) is 0.845. The fourth-order valence-electron chi connectivity index (χ4n) is 1.76. The maximum atomic E-state index is 13.6. The van der Waals surface area contributed by atoms with Crippen molar-refractivity contribution in [3.8, 4) is 0 Å². The lowest BCUT2D eigenvalue weighted by Crippen LogP contribution is -2.14. The molecule has 0 saturated heterocycles. The number of nitrogen functional groups attached to an aromatic ring is 1. The standard InChI is InChI=1S/C15H16FN3O/c1-19(2)12-6-4-11(5-7-12)18-15(20)13-9-10(17)3-8-14(13)16/h3-9H,17H2,1-2H3,(H,18,20). The molecule has 5 heteroatoms. The van der Waals surface area contributed by atoms with Crippen LogP contribution < -0.4 is 16.0 Å². The molecule has 0 spiro atoms. The van der Waals surface area contributed by atoms with Gasteiger partial charge in [0.15, 0.2) is 0 Å². The van der Waals surface area contributed by atoms with Crippen LogP contribution in [0.1, 0.15) is 10.4 Å². The second kappa shape index (κ2) is 5.61. The number of carbonyl (C=O) groups excluding carboxylic acids is 1. The molecule has 0 aliphatic carbocycles. The van der Waals surface area contributed by atoms with Crippen LogP contribution in [-0.4, -0.2) is 20.0 Å². The Morgan fingerprint density at radius 1 is 1.15 bits per heavy atom. The molecule has 0 atom stereocenters. The number of anilines is 3. The highest BCUT2D eigenvalue weighted by Crippen LogP contribution is 2.18. The molecule has 3 N–H and O–H groups in total. The van der Waals surface area contributed by atoms with Crippen LogP contribution in [0.4, 0.5) is 21.5 Å². The molecule has 0 aromatic heterocycles. The summed E-state index contributed by atoms with van der Waals surface area (Å²) < 4.78 is 13.6. The van der Waals surface area contributed by atoms with Crippen LogP contribution in [0, 0.1) is 5.82 Å². The summed E-state index contributed by atoms with van der Waals surface area (Å²) in [6.07, 6.45) is 0. The zero-order valence-electron chi connectivity index (χ0n) is 11.4. The largest absolute Gasteiger partial charge is 0.399 e. The summed E-state index contributed by atoms with van der Waals surface area (Å²) in [6.45, 7) is 0. The molecule has 0 fully saturated rings. The number of rotatable bonds is 3. The summed E-state index contributed by atoms with van der Waals surface area (Å²) in [7, 11) is 3.85. The van der Waals surface area contributed by atoms with E-state index in [2.05, 4.69) is 5.32 Å². The number of amides is 1. The highest BCUT2D eigenvalue weighted by atomic mass is 19.1. The molecular formula is C15H16FN3O. The molecule has 1 amide bonds. The Hall–Kier alpha value is -2.56. The van der Waals surface area contributed by atoms with Crippen molar-refractivity contribution in [2.75, 3.05) is 30.0 Å². The summed E-state index contributed by atoms with van der Waals surface area (Å²) in [5, 5.41) is 2.64. The van der Waals surface area contributed by atoms with Gasteiger partial charge in [0.1, 0.15) is 5.82 Å². The van der Waals surface area contributed by atoms with Gasteiger partial charge >= 0.3 is 0 Å². The lowest BCUT2D eigenvalue weighted by molar-refractivity contribution is 0.102. The molecule has 0 aliphatic rings. The van der Waals surface area contributed by atoms with Crippen LogP contribution >= 0.6 is 0 Å². The maximum Gasteiger partial charge on any atom is 0.258 e. The van der Waals surface area contributed by atoms with Crippen molar-refractivity contribution < 1.29 is 9.18 Å². The molecule has 2 rings (SSSR count). The molecule has 2 aromatic carbocycles. The second-order valence-corrected chi connectivity index (χ2v) is 4.63. The smallest absolute Gasteiger partial charge is 0.258 e. The third-order valence-corrected chi connectivity index (χ3v) is 2.88. The van der Waals surface area contributed by atoms with Crippen molar-refractivity contribution >= 4 is 23.0 Å². The Bertz CT molecular complexity index is 624. The first-order valence-corrected chi connectivity index (χ1v) is 6.11. The zero-order chi connectivity index (χ0) is 14.7. The summed E-state index contributed by atoms with van der Waals surface area (Å²) in [4.78, 5) is 13.9. The molecule has 4 nitrogen and oxygen atoms in total. The van der Waals surface area contributed by atoms with Crippen molar-refractivity contribution in [3.05, 3.63) is 53.8 Å². The first-order valence-electron chi connectivity index (χ1n) is 6.11. The van der Waals surface area contributed by atoms with Gasteiger partial charge in [0, 0.05) is 31.2 Å². The summed E-state index contributed by atoms with van der Waals surface area (Å²) in [5.41, 5.74) is 7.45. The lowest BCUT2D eigenvalue weighted by atomic mass is 10.1. The molecule has 2 aromatic rings. The van der Waals surface area contributed by atoms with E-state index in [0.29, 0.717) is 11.4 Å². The Balaban J connectivity index is 2.17. The van der Waals surface area contributed by atoms with Crippen molar-refractivity contribution in [1.82, 2.24) is 0 Å². The Kier molecular flexibility index (Phi) is 3.89. The normalized spacial score (nSPS) is 10.2. The maximum absolute atomic E-state index is 13.6. The number of hydrogen-bond acceptors (Lipinski definition) is 3. The number of nitrogens with two attached hydrogens (primary N) is 1. The molecular weight excluding hydrogens is 257 g/mol. The van der Waals surface area contributed by atoms with E-state index in [1.165, 1.54) is 18.2 Å². The van der Waals surface area contributed by atoms with E-state index in [1.54, 1.807) is 12.1 Å². The van der Waals surface area contributed by atoms with Crippen LogP contribution in [-0.2, 0) is 0 Å². The van der Waals surface area contributed by atoms with E-state index in [9.17, 15) is 9.18 Å². The highest BCUT2D eigenvalue weighted by Gasteiger charge is 2.12. The van der Waals surface area contributed by atoms with Crippen molar-refractivity contribution in [3.63, 3.8) is 0 Å². The fourth-order valence-corrected chi connectivity index (χ4v) is 1.76. The summed E-state index contributed by atoms with van der Waals surface area (Å²) >= 11 is 0. The highest BCUT2D eigenvalue weighted by molar-refractivity contribution is 6.05. The monoisotopic (exact) mass is 273 g/mol. The second-order valence-electron chi connectivity index (χ2n) is 4.63. The number of hydrogen-bond donors (Lipinski definition) is 2. The van der Waals surface area contributed by atoms with E-state index in [-0.39, 0.29) is 5.56 Å². The molecule has 0 aliphatic heterocycles. The minimum absolute atomic E-state index is 0.0679. The fraction of sp³-hybridized carbons (Fsp3) is 0.133. The zero-order valence-corrected chi connectivity index (χ0v) is 11.4.